The summed E-state index contributed by atoms with van der Waals surface area (Å²) in [5, 5.41) is 8.79. The van der Waals surface area contributed by atoms with Crippen LogP contribution < -0.4 is 0 Å². The fourth-order valence-corrected chi connectivity index (χ4v) is 2.52. The maximum Gasteiger partial charge on any atom is 0.309 e. The van der Waals surface area contributed by atoms with Crippen LogP contribution in [0, 0.1) is 6.92 Å². The number of nitrogens with one attached hydrogen (secondary N) is 1. The van der Waals surface area contributed by atoms with Gasteiger partial charge in [0, 0.05) is 17.1 Å². The van der Waals surface area contributed by atoms with Crippen LogP contribution in [0.2, 0.25) is 0 Å². The fraction of sp³-hybridized carbons (Fsp3) is 0.455. The molecule has 2 aromatic heterocycles. The van der Waals surface area contributed by atoms with Gasteiger partial charge >= 0.3 is 5.97 Å². The maximum atomic E-state index is 10.7. The number of H-pyrrole nitrogens is 1. The van der Waals surface area contributed by atoms with Gasteiger partial charge in [0.05, 0.1) is 12.1 Å². The molecule has 2 N–H and O–H groups in total. The molecule has 5 nitrogen and oxygen atoms in total. The van der Waals surface area contributed by atoms with E-state index in [1.54, 1.807) is 0 Å². The van der Waals surface area contributed by atoms with E-state index in [4.69, 9.17) is 5.11 Å². The van der Waals surface area contributed by atoms with E-state index >= 15 is 0 Å². The van der Waals surface area contributed by atoms with E-state index in [0.717, 1.165) is 24.3 Å². The second-order valence-electron chi connectivity index (χ2n) is 4.28. The SMILES string of the molecule is Cc1c(CC(=O)O)nc2[nH]c3c(n12)CCC3. The fourth-order valence-electron chi connectivity index (χ4n) is 2.52. The Labute approximate surface area is 92.1 Å². The van der Waals surface area contributed by atoms with Crippen molar-refractivity contribution in [3.8, 4) is 0 Å². The van der Waals surface area contributed by atoms with Crippen LogP contribution in [0.3, 0.4) is 0 Å². The molecule has 2 aromatic rings. The zero-order chi connectivity index (χ0) is 11.3. The lowest BCUT2D eigenvalue weighted by atomic mass is 10.2. The molecule has 0 unspecified atom stereocenters. The highest BCUT2D eigenvalue weighted by Gasteiger charge is 2.21. The summed E-state index contributed by atoms with van der Waals surface area (Å²) in [4.78, 5) is 18.3. The van der Waals surface area contributed by atoms with E-state index in [-0.39, 0.29) is 6.42 Å². The average molecular weight is 219 g/mol. The third kappa shape index (κ3) is 1.17. The van der Waals surface area contributed by atoms with Crippen molar-refractivity contribution in [2.24, 2.45) is 0 Å². The molecule has 0 saturated carbocycles. The number of aryl methyl sites for hydroxylation is 3. The number of aliphatic carboxylic acids is 1. The molecule has 1 aliphatic carbocycles. The molecule has 0 bridgehead atoms. The monoisotopic (exact) mass is 219 g/mol. The largest absolute Gasteiger partial charge is 0.481 e. The lowest BCUT2D eigenvalue weighted by Gasteiger charge is -1.97. The van der Waals surface area contributed by atoms with Gasteiger partial charge in [0.15, 0.2) is 0 Å². The first kappa shape index (κ1) is 9.45. The van der Waals surface area contributed by atoms with Crippen molar-refractivity contribution in [2.45, 2.75) is 32.6 Å². The number of hydrogen-bond acceptors (Lipinski definition) is 2. The second-order valence-corrected chi connectivity index (χ2v) is 4.28. The number of fused-ring (bicyclic) bond motifs is 3. The van der Waals surface area contributed by atoms with E-state index in [1.165, 1.54) is 17.8 Å². The van der Waals surface area contributed by atoms with Gasteiger partial charge in [-0.15, -0.1) is 0 Å². The molecule has 0 amide bonds. The van der Waals surface area contributed by atoms with E-state index in [1.807, 2.05) is 6.92 Å². The molecular weight excluding hydrogens is 206 g/mol. The van der Waals surface area contributed by atoms with Gasteiger partial charge in [-0.25, -0.2) is 4.98 Å². The van der Waals surface area contributed by atoms with Crippen LogP contribution in [0.1, 0.15) is 29.2 Å². The number of hydrogen-bond donors (Lipinski definition) is 2. The molecule has 5 heteroatoms. The Bertz CT molecular complexity index is 580. The van der Waals surface area contributed by atoms with Gasteiger partial charge < -0.3 is 10.1 Å². The molecule has 0 aliphatic heterocycles. The molecule has 84 valence electrons. The number of carboxylic acids is 1. The van der Waals surface area contributed by atoms with Crippen molar-refractivity contribution in [3.63, 3.8) is 0 Å². The lowest BCUT2D eigenvalue weighted by molar-refractivity contribution is -0.136. The highest BCUT2D eigenvalue weighted by atomic mass is 16.4. The number of carboxylic acid groups (broad SMARTS) is 1. The van der Waals surface area contributed by atoms with Crippen LogP contribution in [-0.2, 0) is 24.1 Å². The summed E-state index contributed by atoms with van der Waals surface area (Å²) in [6.45, 7) is 1.94. The van der Waals surface area contributed by atoms with Crippen molar-refractivity contribution < 1.29 is 9.90 Å². The summed E-state index contributed by atoms with van der Waals surface area (Å²) in [7, 11) is 0. The van der Waals surface area contributed by atoms with Gasteiger partial charge in [0.25, 0.3) is 0 Å². The van der Waals surface area contributed by atoms with Gasteiger partial charge in [-0.3, -0.25) is 9.20 Å². The van der Waals surface area contributed by atoms with Crippen LogP contribution in [0.5, 0.6) is 0 Å². The molecule has 2 heterocycles. The van der Waals surface area contributed by atoms with Gasteiger partial charge in [-0.1, -0.05) is 0 Å². The molecule has 0 aromatic carbocycles. The Morgan fingerprint density at radius 3 is 3.12 bits per heavy atom. The minimum absolute atomic E-state index is 0.00384. The first-order valence-corrected chi connectivity index (χ1v) is 5.46. The van der Waals surface area contributed by atoms with Crippen molar-refractivity contribution in [1.82, 2.24) is 14.4 Å². The number of carbonyl (C=O) groups is 1. The van der Waals surface area contributed by atoms with E-state index in [0.29, 0.717) is 5.69 Å². The topological polar surface area (TPSA) is 70.4 Å². The summed E-state index contributed by atoms with van der Waals surface area (Å²) in [6, 6.07) is 0. The number of nitrogens with zero attached hydrogens (tertiary/aromatic N) is 2. The summed E-state index contributed by atoms with van der Waals surface area (Å²) < 4.78 is 2.07. The van der Waals surface area contributed by atoms with E-state index in [9.17, 15) is 4.79 Å². The van der Waals surface area contributed by atoms with E-state index < -0.39 is 5.97 Å². The Hall–Kier alpha value is -1.78. The van der Waals surface area contributed by atoms with Crippen LogP contribution in [-0.4, -0.2) is 25.4 Å². The van der Waals surface area contributed by atoms with Crippen LogP contribution >= 0.6 is 0 Å². The smallest absolute Gasteiger partial charge is 0.309 e. The van der Waals surface area contributed by atoms with Crippen molar-refractivity contribution in [2.75, 3.05) is 0 Å². The Balaban J connectivity index is 2.17. The van der Waals surface area contributed by atoms with Gasteiger partial charge in [-0.2, -0.15) is 0 Å². The highest BCUT2D eigenvalue weighted by Crippen LogP contribution is 2.25. The summed E-state index contributed by atoms with van der Waals surface area (Å²) in [6.07, 6.45) is 3.30. The van der Waals surface area contributed by atoms with Crippen LogP contribution in [0.4, 0.5) is 0 Å². The summed E-state index contributed by atoms with van der Waals surface area (Å²) in [5.74, 6) is -0.0426. The molecule has 1 aliphatic rings. The van der Waals surface area contributed by atoms with Crippen molar-refractivity contribution in [3.05, 3.63) is 22.8 Å². The highest BCUT2D eigenvalue weighted by molar-refractivity contribution is 5.70. The minimum Gasteiger partial charge on any atom is -0.481 e. The number of aromatic nitrogens is 3. The zero-order valence-corrected chi connectivity index (χ0v) is 9.08. The Morgan fingerprint density at radius 1 is 1.56 bits per heavy atom. The first-order valence-electron chi connectivity index (χ1n) is 5.46. The molecular formula is C11H13N3O2. The quantitative estimate of drug-likeness (QED) is 0.794. The van der Waals surface area contributed by atoms with Gasteiger partial charge in [0.2, 0.25) is 5.78 Å². The predicted octanol–water partition coefficient (Wildman–Crippen LogP) is 1.09. The Kier molecular flexibility index (Phi) is 1.83. The molecule has 3 rings (SSSR count). The number of rotatable bonds is 2. The molecule has 16 heavy (non-hydrogen) atoms. The van der Waals surface area contributed by atoms with Crippen molar-refractivity contribution in [1.29, 1.82) is 0 Å². The first-order chi connectivity index (χ1) is 7.66. The minimum atomic E-state index is -0.833. The van der Waals surface area contributed by atoms with Crippen LogP contribution in [0.15, 0.2) is 0 Å². The third-order valence-electron chi connectivity index (χ3n) is 3.25. The second kappa shape index (κ2) is 3.10. The van der Waals surface area contributed by atoms with Crippen LogP contribution in [0.25, 0.3) is 5.78 Å². The molecule has 0 radical (unpaired) electrons. The lowest BCUT2D eigenvalue weighted by Crippen LogP contribution is -2.02. The molecule has 0 saturated heterocycles. The molecule has 0 fully saturated rings. The number of imidazole rings is 2. The summed E-state index contributed by atoms with van der Waals surface area (Å²) in [5.41, 5.74) is 4.15. The average Bonchev–Trinajstić information content (AvgIpc) is 2.79. The van der Waals surface area contributed by atoms with E-state index in [2.05, 4.69) is 14.4 Å². The molecule has 0 atom stereocenters. The predicted molar refractivity (Wildman–Crippen MR) is 57.6 cm³/mol. The Morgan fingerprint density at radius 2 is 2.38 bits per heavy atom. The summed E-state index contributed by atoms with van der Waals surface area (Å²) >= 11 is 0. The third-order valence-corrected chi connectivity index (χ3v) is 3.25. The number of aromatic amines is 1. The zero-order valence-electron chi connectivity index (χ0n) is 9.08. The standard InChI is InChI=1S/C11H13N3O2/c1-6-8(5-10(15)16)13-11-12-7-3-2-4-9(7)14(6)11/h2-5H2,1H3,(H,12,13)(H,15,16). The van der Waals surface area contributed by atoms with Gasteiger partial charge in [-0.05, 0) is 26.2 Å². The van der Waals surface area contributed by atoms with Gasteiger partial charge in [0.1, 0.15) is 0 Å². The normalized spacial score (nSPS) is 14.6. The van der Waals surface area contributed by atoms with Crippen molar-refractivity contribution >= 4 is 11.7 Å². The molecule has 0 spiro atoms. The maximum absolute atomic E-state index is 10.7.